The van der Waals surface area contributed by atoms with E-state index in [2.05, 4.69) is 18.4 Å². The van der Waals surface area contributed by atoms with Crippen LogP contribution in [0.1, 0.15) is 38.3 Å². The van der Waals surface area contributed by atoms with E-state index >= 15 is 0 Å². The molecule has 0 atom stereocenters. The summed E-state index contributed by atoms with van der Waals surface area (Å²) >= 11 is 0. The van der Waals surface area contributed by atoms with Crippen molar-refractivity contribution in [3.63, 3.8) is 0 Å². The van der Waals surface area contributed by atoms with Gasteiger partial charge in [-0.1, -0.05) is 0 Å². The highest BCUT2D eigenvalue weighted by Gasteiger charge is 2.52. The summed E-state index contributed by atoms with van der Waals surface area (Å²) in [6, 6.07) is 2.33. The zero-order chi connectivity index (χ0) is 10.3. The van der Waals surface area contributed by atoms with Crippen molar-refractivity contribution in [3.05, 3.63) is 24.0 Å². The van der Waals surface area contributed by atoms with E-state index in [-0.39, 0.29) is 0 Å². The maximum absolute atomic E-state index is 11.1. The van der Waals surface area contributed by atoms with Crippen molar-refractivity contribution in [3.8, 4) is 0 Å². The molecule has 3 heteroatoms. The van der Waals surface area contributed by atoms with E-state index in [1.165, 1.54) is 0 Å². The minimum absolute atomic E-state index is 0.397. The first-order valence-electron chi connectivity index (χ1n) is 4.97. The van der Waals surface area contributed by atoms with Crippen molar-refractivity contribution in [2.24, 2.45) is 0 Å². The van der Waals surface area contributed by atoms with E-state index < -0.39 is 11.4 Å². The second-order valence-electron chi connectivity index (χ2n) is 4.33. The van der Waals surface area contributed by atoms with Crippen molar-refractivity contribution in [2.75, 3.05) is 0 Å². The first kappa shape index (κ1) is 9.31. The number of rotatable bonds is 3. The third-order valence-corrected chi connectivity index (χ3v) is 3.02. The van der Waals surface area contributed by atoms with E-state index in [1.54, 1.807) is 0 Å². The number of aliphatic carboxylic acids is 1. The maximum Gasteiger partial charge on any atom is 0.314 e. The second-order valence-corrected chi connectivity index (χ2v) is 4.33. The molecule has 0 aliphatic heterocycles. The molecule has 0 aromatic carbocycles. The van der Waals surface area contributed by atoms with Gasteiger partial charge < -0.3 is 9.67 Å². The largest absolute Gasteiger partial charge is 0.481 e. The fraction of sp³-hybridized carbons (Fsp3) is 0.545. The Morgan fingerprint density at radius 2 is 2.21 bits per heavy atom. The normalized spacial score (nSPS) is 18.5. The van der Waals surface area contributed by atoms with Crippen LogP contribution in [0.3, 0.4) is 0 Å². The van der Waals surface area contributed by atoms with Crippen molar-refractivity contribution in [1.29, 1.82) is 0 Å². The zero-order valence-corrected chi connectivity index (χ0v) is 8.53. The number of nitrogens with zero attached hydrogens (tertiary/aromatic N) is 1. The molecular weight excluding hydrogens is 178 g/mol. The zero-order valence-electron chi connectivity index (χ0n) is 8.53. The van der Waals surface area contributed by atoms with Gasteiger partial charge in [0.05, 0.1) is 5.41 Å². The van der Waals surface area contributed by atoms with Crippen LogP contribution in [0.15, 0.2) is 18.5 Å². The Morgan fingerprint density at radius 1 is 1.57 bits per heavy atom. The van der Waals surface area contributed by atoms with Gasteiger partial charge in [0, 0.05) is 18.4 Å². The summed E-state index contributed by atoms with van der Waals surface area (Å²) < 4.78 is 2.05. The molecule has 1 heterocycles. The monoisotopic (exact) mass is 193 g/mol. The predicted molar refractivity (Wildman–Crippen MR) is 53.4 cm³/mol. The lowest BCUT2D eigenvalue weighted by Gasteiger charge is -2.08. The molecular formula is C11H15NO2. The molecule has 14 heavy (non-hydrogen) atoms. The van der Waals surface area contributed by atoms with Crippen LogP contribution < -0.4 is 0 Å². The summed E-state index contributed by atoms with van der Waals surface area (Å²) in [6.45, 7) is 4.17. The van der Waals surface area contributed by atoms with Crippen LogP contribution in [0.2, 0.25) is 0 Å². The van der Waals surface area contributed by atoms with Crippen molar-refractivity contribution in [1.82, 2.24) is 4.57 Å². The van der Waals surface area contributed by atoms with Gasteiger partial charge in [-0.2, -0.15) is 0 Å². The summed E-state index contributed by atoms with van der Waals surface area (Å²) in [5.74, 6) is -0.681. The molecule has 0 spiro atoms. The molecule has 2 rings (SSSR count). The van der Waals surface area contributed by atoms with Crippen LogP contribution >= 0.6 is 0 Å². The van der Waals surface area contributed by atoms with E-state index in [9.17, 15) is 4.79 Å². The first-order chi connectivity index (χ1) is 6.56. The number of hydrogen-bond acceptors (Lipinski definition) is 1. The van der Waals surface area contributed by atoms with Crippen LogP contribution in [0.25, 0.3) is 0 Å². The fourth-order valence-corrected chi connectivity index (χ4v) is 1.77. The summed E-state index contributed by atoms with van der Waals surface area (Å²) in [4.78, 5) is 11.1. The SMILES string of the molecule is CC(C)n1ccc(C2(C(=O)O)CC2)c1. The molecule has 0 bridgehead atoms. The number of carboxylic acid groups (broad SMARTS) is 1. The topological polar surface area (TPSA) is 42.2 Å². The van der Waals surface area contributed by atoms with Gasteiger partial charge in [-0.3, -0.25) is 4.79 Å². The lowest BCUT2D eigenvalue weighted by Crippen LogP contribution is -2.18. The quantitative estimate of drug-likeness (QED) is 0.799. The van der Waals surface area contributed by atoms with E-state index in [0.717, 1.165) is 18.4 Å². The molecule has 0 radical (unpaired) electrons. The molecule has 1 aromatic heterocycles. The molecule has 3 nitrogen and oxygen atoms in total. The number of aromatic nitrogens is 1. The minimum atomic E-state index is -0.681. The van der Waals surface area contributed by atoms with E-state index in [4.69, 9.17) is 5.11 Å². The molecule has 76 valence electrons. The van der Waals surface area contributed by atoms with Gasteiger partial charge in [0.15, 0.2) is 0 Å². The summed E-state index contributed by atoms with van der Waals surface area (Å²) in [5.41, 5.74) is 0.402. The lowest BCUT2D eigenvalue weighted by molar-refractivity contribution is -0.140. The van der Waals surface area contributed by atoms with Crippen LogP contribution in [0, 0.1) is 0 Å². The van der Waals surface area contributed by atoms with Crippen LogP contribution in [0.4, 0.5) is 0 Å². The third-order valence-electron chi connectivity index (χ3n) is 3.02. The van der Waals surface area contributed by atoms with Gasteiger partial charge in [-0.05, 0) is 38.3 Å². The van der Waals surface area contributed by atoms with Gasteiger partial charge in [-0.25, -0.2) is 0 Å². The highest BCUT2D eigenvalue weighted by molar-refractivity contribution is 5.84. The number of hydrogen-bond donors (Lipinski definition) is 1. The van der Waals surface area contributed by atoms with Crippen molar-refractivity contribution >= 4 is 5.97 Å². The fourth-order valence-electron chi connectivity index (χ4n) is 1.77. The molecule has 1 N–H and O–H groups in total. The Bertz CT molecular complexity index is 361. The number of carbonyl (C=O) groups is 1. The average Bonchev–Trinajstić information content (AvgIpc) is 2.77. The predicted octanol–water partition coefficient (Wildman–Crippen LogP) is 2.19. The van der Waals surface area contributed by atoms with Gasteiger partial charge >= 0.3 is 5.97 Å². The Kier molecular flexibility index (Phi) is 1.91. The molecule has 0 unspecified atom stereocenters. The maximum atomic E-state index is 11.1. The molecule has 1 fully saturated rings. The van der Waals surface area contributed by atoms with Gasteiger partial charge in [0.1, 0.15) is 0 Å². The van der Waals surface area contributed by atoms with Gasteiger partial charge in [0.25, 0.3) is 0 Å². The molecule has 0 saturated heterocycles. The molecule has 1 aliphatic rings. The standard InChI is InChI=1S/C11H15NO2/c1-8(2)12-6-3-9(7-12)11(4-5-11)10(13)14/h3,6-8H,4-5H2,1-2H3,(H,13,14). The third kappa shape index (κ3) is 1.24. The smallest absolute Gasteiger partial charge is 0.314 e. The number of carboxylic acids is 1. The van der Waals surface area contributed by atoms with Crippen LogP contribution in [0.5, 0.6) is 0 Å². The lowest BCUT2D eigenvalue weighted by atomic mass is 10.00. The Balaban J connectivity index is 2.30. The van der Waals surface area contributed by atoms with Crippen molar-refractivity contribution < 1.29 is 9.90 Å². The van der Waals surface area contributed by atoms with Crippen molar-refractivity contribution in [2.45, 2.75) is 38.1 Å². The first-order valence-corrected chi connectivity index (χ1v) is 4.97. The van der Waals surface area contributed by atoms with Gasteiger partial charge in [0.2, 0.25) is 0 Å². The Morgan fingerprint density at radius 3 is 2.57 bits per heavy atom. The summed E-state index contributed by atoms with van der Waals surface area (Å²) in [7, 11) is 0. The van der Waals surface area contributed by atoms with E-state index in [0.29, 0.717) is 6.04 Å². The second kappa shape index (κ2) is 2.87. The highest BCUT2D eigenvalue weighted by Crippen LogP contribution is 2.48. The Hall–Kier alpha value is -1.25. The average molecular weight is 193 g/mol. The minimum Gasteiger partial charge on any atom is -0.481 e. The highest BCUT2D eigenvalue weighted by atomic mass is 16.4. The summed E-state index contributed by atoms with van der Waals surface area (Å²) in [6.07, 6.45) is 5.49. The molecule has 1 aliphatic carbocycles. The molecule has 0 amide bonds. The Labute approximate surface area is 83.4 Å². The molecule has 1 saturated carbocycles. The van der Waals surface area contributed by atoms with Crippen LogP contribution in [-0.2, 0) is 10.2 Å². The molecule has 1 aromatic rings. The van der Waals surface area contributed by atoms with Crippen LogP contribution in [-0.4, -0.2) is 15.6 Å². The van der Waals surface area contributed by atoms with Gasteiger partial charge in [-0.15, -0.1) is 0 Å². The summed E-state index contributed by atoms with van der Waals surface area (Å²) in [5, 5.41) is 9.10. The van der Waals surface area contributed by atoms with E-state index in [1.807, 2.05) is 18.5 Å².